The number of rotatable bonds is 3. The molecule has 3 amide bonds. The summed E-state index contributed by atoms with van der Waals surface area (Å²) in [5.74, 6) is -0.222. The number of likely N-dealkylation sites (tertiary alicyclic amines) is 1. The second kappa shape index (κ2) is 8.56. The van der Waals surface area contributed by atoms with Gasteiger partial charge in [-0.2, -0.15) is 0 Å². The fourth-order valence-corrected chi connectivity index (χ4v) is 4.55. The molecular formula is C23H26ClN7O4. The van der Waals surface area contributed by atoms with E-state index in [2.05, 4.69) is 20.3 Å². The molecule has 5 rings (SSSR count). The van der Waals surface area contributed by atoms with E-state index in [0.29, 0.717) is 43.3 Å². The van der Waals surface area contributed by atoms with Crippen molar-refractivity contribution in [2.45, 2.75) is 39.5 Å². The molecule has 0 aromatic carbocycles. The third-order valence-corrected chi connectivity index (χ3v) is 6.40. The average Bonchev–Trinajstić information content (AvgIpc) is 3.32. The van der Waals surface area contributed by atoms with Gasteiger partial charge in [0.1, 0.15) is 22.2 Å². The normalized spacial score (nSPS) is 16.1. The molecule has 3 aromatic rings. The number of aromatic nitrogens is 4. The van der Waals surface area contributed by atoms with Gasteiger partial charge in [-0.25, -0.2) is 14.8 Å². The van der Waals surface area contributed by atoms with Crippen LogP contribution in [0.15, 0.2) is 24.5 Å². The van der Waals surface area contributed by atoms with Crippen molar-refractivity contribution < 1.29 is 19.1 Å². The highest BCUT2D eigenvalue weighted by Crippen LogP contribution is 2.28. The van der Waals surface area contributed by atoms with E-state index < -0.39 is 17.6 Å². The van der Waals surface area contributed by atoms with Gasteiger partial charge < -0.3 is 29.4 Å². The maximum Gasteiger partial charge on any atom is 0.410 e. The van der Waals surface area contributed by atoms with E-state index in [0.717, 1.165) is 5.39 Å². The number of nitrogens with zero attached hydrogens (tertiary/aromatic N) is 5. The Kier molecular flexibility index (Phi) is 5.66. The van der Waals surface area contributed by atoms with Gasteiger partial charge in [0.25, 0.3) is 5.91 Å². The standard InChI is InChI=1S/C23H26ClN7O4/c1-23(2,3)35-22(34)30-10-13(11-30)21(33)29-7-8-31-16(12-29)28-17(18(31)24)20(32)27-15-9-26-19-14(15)5-4-6-25-19/h4-6,9,13H,7-8,10-12H2,1-3H3,(H,25,26)(H,27,32). The lowest BCUT2D eigenvalue weighted by Gasteiger charge is -2.41. The van der Waals surface area contributed by atoms with Gasteiger partial charge in [0, 0.05) is 44.0 Å². The van der Waals surface area contributed by atoms with Crippen LogP contribution in [-0.4, -0.2) is 72.5 Å². The summed E-state index contributed by atoms with van der Waals surface area (Å²) in [6.45, 7) is 7.19. The molecule has 12 heteroatoms. The van der Waals surface area contributed by atoms with Crippen LogP contribution in [0.1, 0.15) is 37.1 Å². The highest BCUT2D eigenvalue weighted by atomic mass is 35.5. The number of amides is 3. The molecule has 35 heavy (non-hydrogen) atoms. The largest absolute Gasteiger partial charge is 0.444 e. The van der Waals surface area contributed by atoms with Crippen molar-refractivity contribution in [1.29, 1.82) is 0 Å². The van der Waals surface area contributed by atoms with E-state index in [1.807, 2.05) is 6.07 Å². The summed E-state index contributed by atoms with van der Waals surface area (Å²) in [4.78, 5) is 53.0. The number of pyridine rings is 1. The highest BCUT2D eigenvalue weighted by Gasteiger charge is 2.41. The number of H-pyrrole nitrogens is 1. The number of carbonyl (C=O) groups is 3. The summed E-state index contributed by atoms with van der Waals surface area (Å²) < 4.78 is 7.11. The number of imidazole rings is 1. The van der Waals surface area contributed by atoms with Crippen molar-refractivity contribution >= 4 is 46.2 Å². The molecule has 1 saturated heterocycles. The van der Waals surface area contributed by atoms with Gasteiger partial charge in [-0.05, 0) is 32.9 Å². The first kappa shape index (κ1) is 23.2. The Bertz CT molecular complexity index is 1320. The van der Waals surface area contributed by atoms with Crippen molar-refractivity contribution in [2.24, 2.45) is 5.92 Å². The second-order valence-corrected chi connectivity index (χ2v) is 10.1. The molecule has 1 fully saturated rings. The molecule has 3 aromatic heterocycles. The van der Waals surface area contributed by atoms with E-state index in [4.69, 9.17) is 16.3 Å². The number of anilines is 1. The number of aromatic amines is 1. The lowest BCUT2D eigenvalue weighted by atomic mass is 9.98. The van der Waals surface area contributed by atoms with Crippen molar-refractivity contribution in [1.82, 2.24) is 29.3 Å². The van der Waals surface area contributed by atoms with Gasteiger partial charge in [-0.15, -0.1) is 0 Å². The SMILES string of the molecule is CC(C)(C)OC(=O)N1CC(C(=O)N2CCn3c(nc(C(=O)Nc4c[nH]c5ncccc45)c3Cl)C2)C1. The first-order chi connectivity index (χ1) is 16.6. The summed E-state index contributed by atoms with van der Waals surface area (Å²) in [6, 6.07) is 3.64. The average molecular weight is 500 g/mol. The fraction of sp³-hybridized carbons (Fsp3) is 0.435. The van der Waals surface area contributed by atoms with Crippen LogP contribution in [-0.2, 0) is 22.6 Å². The van der Waals surface area contributed by atoms with Gasteiger partial charge >= 0.3 is 6.09 Å². The summed E-state index contributed by atoms with van der Waals surface area (Å²) in [6.07, 6.45) is 2.92. The molecule has 0 saturated carbocycles. The van der Waals surface area contributed by atoms with Crippen LogP contribution in [0.25, 0.3) is 11.0 Å². The van der Waals surface area contributed by atoms with E-state index in [1.165, 1.54) is 4.90 Å². The van der Waals surface area contributed by atoms with Crippen LogP contribution >= 0.6 is 11.6 Å². The summed E-state index contributed by atoms with van der Waals surface area (Å²) in [5.41, 5.74) is 0.767. The van der Waals surface area contributed by atoms with Crippen LogP contribution in [0, 0.1) is 5.92 Å². The Balaban J connectivity index is 1.23. The number of carbonyl (C=O) groups excluding carboxylic acids is 3. The van der Waals surface area contributed by atoms with Gasteiger partial charge in [-0.1, -0.05) is 11.6 Å². The molecule has 2 aliphatic rings. The van der Waals surface area contributed by atoms with Gasteiger partial charge in [0.05, 0.1) is 18.2 Å². The number of nitrogens with one attached hydrogen (secondary N) is 2. The third-order valence-electron chi connectivity index (χ3n) is 6.02. The number of ether oxygens (including phenoxy) is 1. The minimum atomic E-state index is -0.579. The van der Waals surface area contributed by atoms with E-state index in [1.54, 1.807) is 48.7 Å². The molecule has 0 bridgehead atoms. The van der Waals surface area contributed by atoms with Gasteiger partial charge in [0.15, 0.2) is 5.69 Å². The second-order valence-electron chi connectivity index (χ2n) is 9.72. The van der Waals surface area contributed by atoms with E-state index in [9.17, 15) is 14.4 Å². The molecule has 0 atom stereocenters. The summed E-state index contributed by atoms with van der Waals surface area (Å²) in [7, 11) is 0. The number of hydrogen-bond donors (Lipinski definition) is 2. The first-order valence-corrected chi connectivity index (χ1v) is 11.7. The highest BCUT2D eigenvalue weighted by molar-refractivity contribution is 6.33. The zero-order chi connectivity index (χ0) is 24.9. The van der Waals surface area contributed by atoms with Gasteiger partial charge in [-0.3, -0.25) is 9.59 Å². The van der Waals surface area contributed by atoms with Crippen molar-refractivity contribution in [2.75, 3.05) is 25.0 Å². The minimum Gasteiger partial charge on any atom is -0.444 e. The molecule has 2 aliphatic heterocycles. The zero-order valence-electron chi connectivity index (χ0n) is 19.7. The molecule has 0 spiro atoms. The minimum absolute atomic E-state index is 0.0486. The molecule has 0 aliphatic carbocycles. The van der Waals surface area contributed by atoms with Gasteiger partial charge in [0.2, 0.25) is 5.91 Å². The topological polar surface area (TPSA) is 125 Å². The maximum atomic E-state index is 13.0. The van der Waals surface area contributed by atoms with Crippen molar-refractivity contribution in [3.63, 3.8) is 0 Å². The third kappa shape index (κ3) is 4.43. The number of fused-ring (bicyclic) bond motifs is 2. The summed E-state index contributed by atoms with van der Waals surface area (Å²) >= 11 is 6.49. The Labute approximate surface area is 206 Å². The molecule has 2 N–H and O–H groups in total. The molecule has 0 unspecified atom stereocenters. The fourth-order valence-electron chi connectivity index (χ4n) is 4.24. The lowest BCUT2D eigenvalue weighted by Crippen LogP contribution is -2.57. The van der Waals surface area contributed by atoms with Crippen molar-refractivity contribution in [3.8, 4) is 0 Å². The molecule has 11 nitrogen and oxygen atoms in total. The Morgan fingerprint density at radius 3 is 2.71 bits per heavy atom. The monoisotopic (exact) mass is 499 g/mol. The molecule has 5 heterocycles. The quantitative estimate of drug-likeness (QED) is 0.570. The zero-order valence-corrected chi connectivity index (χ0v) is 20.4. The lowest BCUT2D eigenvalue weighted by molar-refractivity contribution is -0.142. The molecule has 184 valence electrons. The molecular weight excluding hydrogens is 474 g/mol. The van der Waals surface area contributed by atoms with Crippen LogP contribution in [0.2, 0.25) is 5.15 Å². The molecule has 0 radical (unpaired) electrons. The Morgan fingerprint density at radius 1 is 1.20 bits per heavy atom. The Morgan fingerprint density at radius 2 is 1.97 bits per heavy atom. The predicted molar refractivity (Wildman–Crippen MR) is 128 cm³/mol. The van der Waals surface area contributed by atoms with E-state index in [-0.39, 0.29) is 29.2 Å². The smallest absolute Gasteiger partial charge is 0.410 e. The van der Waals surface area contributed by atoms with E-state index >= 15 is 0 Å². The number of halogens is 1. The maximum absolute atomic E-state index is 13.0. The van der Waals surface area contributed by atoms with Crippen LogP contribution in [0.3, 0.4) is 0 Å². The Hall–Kier alpha value is -3.60. The first-order valence-electron chi connectivity index (χ1n) is 11.4. The van der Waals surface area contributed by atoms with Crippen molar-refractivity contribution in [3.05, 3.63) is 41.2 Å². The predicted octanol–water partition coefficient (Wildman–Crippen LogP) is 2.87. The van der Waals surface area contributed by atoms with Crippen LogP contribution in [0.4, 0.5) is 10.5 Å². The summed E-state index contributed by atoms with van der Waals surface area (Å²) in [5, 5.41) is 3.85. The number of hydrogen-bond acceptors (Lipinski definition) is 6. The van der Waals surface area contributed by atoms with Crippen LogP contribution < -0.4 is 5.32 Å². The van der Waals surface area contributed by atoms with Crippen LogP contribution in [0.5, 0.6) is 0 Å².